The van der Waals surface area contributed by atoms with Crippen molar-refractivity contribution in [2.45, 2.75) is 16.7 Å². The molecule has 164 valence electrons. The van der Waals surface area contributed by atoms with Gasteiger partial charge in [-0.15, -0.1) is 0 Å². The van der Waals surface area contributed by atoms with Gasteiger partial charge in [0, 0.05) is 17.4 Å². The second kappa shape index (κ2) is 8.36. The van der Waals surface area contributed by atoms with E-state index in [0.717, 1.165) is 6.26 Å². The number of sulfone groups is 2. The molecule has 2 aromatic carbocycles. The number of aromatic nitrogens is 3. The van der Waals surface area contributed by atoms with Crippen molar-refractivity contribution >= 4 is 30.7 Å². The van der Waals surface area contributed by atoms with Crippen LogP contribution in [0.2, 0.25) is 0 Å². The molecule has 4 aromatic rings. The van der Waals surface area contributed by atoms with Crippen LogP contribution in [0.4, 0.5) is 4.39 Å². The Bertz CT molecular complexity index is 1520. The molecule has 0 fully saturated rings. The van der Waals surface area contributed by atoms with Gasteiger partial charge < -0.3 is 0 Å². The summed E-state index contributed by atoms with van der Waals surface area (Å²) in [5.41, 5.74) is 2.28. The van der Waals surface area contributed by atoms with E-state index in [2.05, 4.69) is 15.0 Å². The number of pyridine rings is 1. The average molecular weight is 472 g/mol. The van der Waals surface area contributed by atoms with Crippen LogP contribution in [-0.2, 0) is 31.2 Å². The second-order valence-corrected chi connectivity index (χ2v) is 11.3. The lowest BCUT2D eigenvalue weighted by molar-refractivity contribution is 0.586. The average Bonchev–Trinajstić information content (AvgIpc) is 2.74. The van der Waals surface area contributed by atoms with Crippen LogP contribution in [0.15, 0.2) is 72.0 Å². The molecule has 0 amide bonds. The molecule has 0 bridgehead atoms. The fourth-order valence-corrected chi connectivity index (χ4v) is 5.20. The normalized spacial score (nSPS) is 12.2. The van der Waals surface area contributed by atoms with Gasteiger partial charge in [0.2, 0.25) is 15.0 Å². The van der Waals surface area contributed by atoms with Gasteiger partial charge in [0.15, 0.2) is 9.84 Å². The molecule has 2 heterocycles. The quantitative estimate of drug-likeness (QED) is 0.397. The van der Waals surface area contributed by atoms with Gasteiger partial charge in [-0.25, -0.2) is 36.2 Å². The Morgan fingerprint density at radius 1 is 0.844 bits per heavy atom. The first-order valence-corrected chi connectivity index (χ1v) is 13.2. The predicted molar refractivity (Wildman–Crippen MR) is 119 cm³/mol. The lowest BCUT2D eigenvalue weighted by atomic mass is 10.1. The van der Waals surface area contributed by atoms with Gasteiger partial charge in [-0.1, -0.05) is 42.5 Å². The topological polar surface area (TPSA) is 107 Å². The van der Waals surface area contributed by atoms with Crippen molar-refractivity contribution in [3.05, 3.63) is 83.8 Å². The van der Waals surface area contributed by atoms with Crippen molar-refractivity contribution in [1.82, 2.24) is 15.0 Å². The van der Waals surface area contributed by atoms with Crippen LogP contribution in [0, 0.1) is 5.82 Å². The minimum absolute atomic E-state index is 0.0756. The zero-order valence-electron chi connectivity index (χ0n) is 16.9. The van der Waals surface area contributed by atoms with E-state index in [-0.39, 0.29) is 16.5 Å². The summed E-state index contributed by atoms with van der Waals surface area (Å²) in [6.07, 6.45) is 2.31. The molecule has 0 atom stereocenters. The predicted octanol–water partition coefficient (Wildman–Crippen LogP) is 3.35. The summed E-state index contributed by atoms with van der Waals surface area (Å²) in [6.45, 7) is 0. The molecule has 10 heteroatoms. The van der Waals surface area contributed by atoms with E-state index in [9.17, 15) is 21.2 Å². The number of nitrogens with zero attached hydrogens (tertiary/aromatic N) is 3. The van der Waals surface area contributed by atoms with E-state index in [1.165, 1.54) is 18.3 Å². The molecule has 4 rings (SSSR count). The number of halogens is 1. The summed E-state index contributed by atoms with van der Waals surface area (Å²) in [6, 6.07) is 16.1. The maximum atomic E-state index is 14.7. The molecule has 32 heavy (non-hydrogen) atoms. The fourth-order valence-electron chi connectivity index (χ4n) is 3.18. The Hall–Kier alpha value is -3.24. The van der Waals surface area contributed by atoms with Crippen molar-refractivity contribution < 1.29 is 21.2 Å². The molecule has 0 aliphatic rings. The number of hydrogen-bond acceptors (Lipinski definition) is 7. The minimum Gasteiger partial charge on any atom is -0.245 e. The molecular weight excluding hydrogens is 453 g/mol. The number of hydrogen-bond donors (Lipinski definition) is 0. The molecule has 0 saturated heterocycles. The molecular formula is C22H18FN3O4S2. The number of benzene rings is 2. The van der Waals surface area contributed by atoms with E-state index < -0.39 is 31.2 Å². The van der Waals surface area contributed by atoms with Gasteiger partial charge in [0.05, 0.1) is 28.9 Å². The van der Waals surface area contributed by atoms with Gasteiger partial charge in [-0.05, 0) is 23.8 Å². The van der Waals surface area contributed by atoms with Crippen molar-refractivity contribution in [2.75, 3.05) is 6.26 Å². The van der Waals surface area contributed by atoms with Crippen molar-refractivity contribution in [1.29, 1.82) is 0 Å². The maximum Gasteiger partial charge on any atom is 0.247 e. The van der Waals surface area contributed by atoms with E-state index in [4.69, 9.17) is 0 Å². The van der Waals surface area contributed by atoms with Gasteiger partial charge in [-0.3, -0.25) is 0 Å². The molecule has 0 saturated carbocycles. The Morgan fingerprint density at radius 3 is 2.28 bits per heavy atom. The summed E-state index contributed by atoms with van der Waals surface area (Å²) in [4.78, 5) is 12.2. The minimum atomic E-state index is -3.55. The van der Waals surface area contributed by atoms with Gasteiger partial charge >= 0.3 is 0 Å². The molecule has 7 nitrogen and oxygen atoms in total. The SMILES string of the molecule is CS(=O)(=O)c1ncc2nc(-c3ccc(CS(=O)(=O)Cc4ccccc4)c(F)c3)ccc2n1. The summed E-state index contributed by atoms with van der Waals surface area (Å²) in [5.74, 6) is -1.23. The van der Waals surface area contributed by atoms with E-state index in [0.29, 0.717) is 27.9 Å². The van der Waals surface area contributed by atoms with Crippen LogP contribution in [0.5, 0.6) is 0 Å². The first-order chi connectivity index (χ1) is 15.1. The summed E-state index contributed by atoms with van der Waals surface area (Å²) < 4.78 is 62.9. The van der Waals surface area contributed by atoms with E-state index >= 15 is 0 Å². The Labute approximate surface area is 184 Å². The van der Waals surface area contributed by atoms with Crippen molar-refractivity contribution in [3.63, 3.8) is 0 Å². The zero-order chi connectivity index (χ0) is 22.9. The van der Waals surface area contributed by atoms with Crippen molar-refractivity contribution in [3.8, 4) is 11.3 Å². The molecule has 0 radical (unpaired) electrons. The lowest BCUT2D eigenvalue weighted by Crippen LogP contribution is -2.09. The molecule has 0 aliphatic heterocycles. The highest BCUT2D eigenvalue weighted by molar-refractivity contribution is 7.90. The standard InChI is InChI=1S/C22H18FN3O4S2/c1-31(27,28)22-24-12-21-20(26-22)10-9-19(25-21)16-7-8-17(18(23)11-16)14-32(29,30)13-15-5-3-2-4-6-15/h2-12H,13-14H2,1H3. The second-order valence-electron chi connectivity index (χ2n) is 7.35. The molecule has 0 aliphatic carbocycles. The van der Waals surface area contributed by atoms with Crippen LogP contribution in [0.1, 0.15) is 11.1 Å². The monoisotopic (exact) mass is 471 g/mol. The Kier molecular flexibility index (Phi) is 5.74. The summed E-state index contributed by atoms with van der Waals surface area (Å²) in [7, 11) is -7.10. The first kappa shape index (κ1) is 22.0. The lowest BCUT2D eigenvalue weighted by Gasteiger charge is -2.08. The van der Waals surface area contributed by atoms with Gasteiger partial charge in [-0.2, -0.15) is 0 Å². The van der Waals surface area contributed by atoms with Gasteiger partial charge in [0.1, 0.15) is 11.3 Å². The molecule has 0 spiro atoms. The third kappa shape index (κ3) is 4.97. The van der Waals surface area contributed by atoms with E-state index in [1.54, 1.807) is 48.5 Å². The molecule has 0 N–H and O–H groups in total. The Morgan fingerprint density at radius 2 is 1.59 bits per heavy atom. The summed E-state index contributed by atoms with van der Waals surface area (Å²) in [5, 5.41) is -0.299. The highest BCUT2D eigenvalue weighted by Crippen LogP contribution is 2.24. The summed E-state index contributed by atoms with van der Waals surface area (Å²) >= 11 is 0. The molecule has 0 unspecified atom stereocenters. The smallest absolute Gasteiger partial charge is 0.245 e. The Balaban J connectivity index is 1.59. The highest BCUT2D eigenvalue weighted by Gasteiger charge is 2.17. The largest absolute Gasteiger partial charge is 0.247 e. The van der Waals surface area contributed by atoms with Crippen LogP contribution >= 0.6 is 0 Å². The maximum absolute atomic E-state index is 14.7. The van der Waals surface area contributed by atoms with Crippen LogP contribution in [0.3, 0.4) is 0 Å². The van der Waals surface area contributed by atoms with Crippen LogP contribution < -0.4 is 0 Å². The number of rotatable bonds is 6. The van der Waals surface area contributed by atoms with Crippen LogP contribution in [-0.4, -0.2) is 38.0 Å². The van der Waals surface area contributed by atoms with E-state index in [1.807, 2.05) is 0 Å². The number of fused-ring (bicyclic) bond motifs is 1. The first-order valence-electron chi connectivity index (χ1n) is 9.48. The highest BCUT2D eigenvalue weighted by atomic mass is 32.2. The third-order valence-corrected chi connectivity index (χ3v) is 7.09. The zero-order valence-corrected chi connectivity index (χ0v) is 18.6. The third-order valence-electron chi connectivity index (χ3n) is 4.70. The van der Waals surface area contributed by atoms with Crippen molar-refractivity contribution in [2.24, 2.45) is 0 Å². The molecule has 2 aromatic heterocycles. The fraction of sp³-hybridized carbons (Fsp3) is 0.136. The van der Waals surface area contributed by atoms with Crippen LogP contribution in [0.25, 0.3) is 22.3 Å². The van der Waals surface area contributed by atoms with Gasteiger partial charge in [0.25, 0.3) is 0 Å².